The van der Waals surface area contributed by atoms with E-state index in [2.05, 4.69) is 0 Å². The van der Waals surface area contributed by atoms with E-state index in [0.717, 1.165) is 13.2 Å². The summed E-state index contributed by atoms with van der Waals surface area (Å²) in [5.74, 6) is 1.99. The Morgan fingerprint density at radius 3 is 1.94 bits per heavy atom. The Hall–Kier alpha value is -1.46. The molecular weight excluding hydrogens is 236 g/mol. The van der Waals surface area contributed by atoms with Gasteiger partial charge in [-0.25, -0.2) is 0 Å². The second-order valence-electron chi connectivity index (χ2n) is 4.32. The van der Waals surface area contributed by atoms with Crippen molar-refractivity contribution in [2.75, 3.05) is 33.5 Å². The summed E-state index contributed by atoms with van der Waals surface area (Å²) in [6.07, 6.45) is 0.443. The number of epoxide rings is 2. The highest BCUT2D eigenvalue weighted by molar-refractivity contribution is 5.51. The first-order chi connectivity index (χ1) is 8.86. The third-order valence-electron chi connectivity index (χ3n) is 2.80. The van der Waals surface area contributed by atoms with Crippen LogP contribution in [-0.2, 0) is 9.47 Å². The smallest absolute Gasteiger partial charge is 0.203 e. The molecule has 0 aliphatic carbocycles. The number of hydrogen-bond acceptors (Lipinski definition) is 5. The molecule has 5 nitrogen and oxygen atoms in total. The van der Waals surface area contributed by atoms with Gasteiger partial charge in [0, 0.05) is 0 Å². The van der Waals surface area contributed by atoms with Crippen molar-refractivity contribution in [3.63, 3.8) is 0 Å². The molecule has 2 heterocycles. The van der Waals surface area contributed by atoms with Crippen LogP contribution in [0.5, 0.6) is 17.2 Å². The highest BCUT2D eigenvalue weighted by Gasteiger charge is 2.26. The third-order valence-corrected chi connectivity index (χ3v) is 2.80. The maximum absolute atomic E-state index is 5.65. The number of hydrogen-bond donors (Lipinski definition) is 0. The van der Waals surface area contributed by atoms with Gasteiger partial charge in [0.15, 0.2) is 11.5 Å². The summed E-state index contributed by atoms with van der Waals surface area (Å²) in [4.78, 5) is 0. The molecule has 2 unspecified atom stereocenters. The van der Waals surface area contributed by atoms with Crippen LogP contribution in [0.15, 0.2) is 18.2 Å². The standard InChI is InChI=1S/C13H16O5/c1-14-13-11(17-7-9-5-15-9)3-2-4-12(13)18-8-10-6-16-10/h2-4,9-10H,5-8H2,1H3. The molecule has 2 aliphatic rings. The maximum Gasteiger partial charge on any atom is 0.203 e. The topological polar surface area (TPSA) is 52.8 Å². The molecular formula is C13H16O5. The van der Waals surface area contributed by atoms with Crippen LogP contribution in [0.1, 0.15) is 0 Å². The minimum Gasteiger partial charge on any atom is -0.490 e. The molecule has 0 saturated carbocycles. The van der Waals surface area contributed by atoms with Gasteiger partial charge in [0.1, 0.15) is 25.4 Å². The molecule has 0 bridgehead atoms. The average Bonchev–Trinajstić information content (AvgIpc) is 3.28. The highest BCUT2D eigenvalue weighted by Crippen LogP contribution is 2.37. The van der Waals surface area contributed by atoms with Crippen molar-refractivity contribution in [2.45, 2.75) is 12.2 Å². The Balaban J connectivity index is 1.67. The average molecular weight is 252 g/mol. The molecule has 2 atom stereocenters. The van der Waals surface area contributed by atoms with E-state index < -0.39 is 0 Å². The van der Waals surface area contributed by atoms with E-state index in [9.17, 15) is 0 Å². The van der Waals surface area contributed by atoms with Crippen molar-refractivity contribution in [1.29, 1.82) is 0 Å². The van der Waals surface area contributed by atoms with Crippen molar-refractivity contribution in [3.8, 4) is 17.2 Å². The van der Waals surface area contributed by atoms with E-state index in [1.165, 1.54) is 0 Å². The first-order valence-electron chi connectivity index (χ1n) is 6.02. The molecule has 2 aliphatic heterocycles. The normalized spacial score (nSPS) is 24.5. The molecule has 0 spiro atoms. The molecule has 2 fully saturated rings. The predicted octanol–water partition coefficient (Wildman–Crippen LogP) is 1.25. The van der Waals surface area contributed by atoms with E-state index in [4.69, 9.17) is 23.7 Å². The minimum absolute atomic E-state index is 0.221. The number of benzene rings is 1. The lowest BCUT2D eigenvalue weighted by molar-refractivity contribution is 0.233. The summed E-state index contributed by atoms with van der Waals surface area (Å²) >= 11 is 0. The fourth-order valence-electron chi connectivity index (χ4n) is 1.62. The molecule has 1 aromatic carbocycles. The van der Waals surface area contributed by atoms with Gasteiger partial charge in [0.05, 0.1) is 20.3 Å². The second-order valence-corrected chi connectivity index (χ2v) is 4.32. The summed E-state index contributed by atoms with van der Waals surface area (Å²) in [6.45, 7) is 2.64. The van der Waals surface area contributed by atoms with Crippen LogP contribution in [0.4, 0.5) is 0 Å². The zero-order valence-electron chi connectivity index (χ0n) is 10.3. The number of ether oxygens (including phenoxy) is 5. The van der Waals surface area contributed by atoms with E-state index in [1.54, 1.807) is 7.11 Å². The van der Waals surface area contributed by atoms with Crippen LogP contribution in [0.25, 0.3) is 0 Å². The Kier molecular flexibility index (Phi) is 3.25. The van der Waals surface area contributed by atoms with Crippen LogP contribution in [0.3, 0.4) is 0 Å². The van der Waals surface area contributed by atoms with Crippen LogP contribution < -0.4 is 14.2 Å². The van der Waals surface area contributed by atoms with Gasteiger partial charge < -0.3 is 23.7 Å². The molecule has 0 radical (unpaired) electrons. The summed E-state index contributed by atoms with van der Waals surface area (Å²) in [5, 5.41) is 0. The molecule has 2 saturated heterocycles. The molecule has 0 N–H and O–H groups in total. The summed E-state index contributed by atoms with van der Waals surface area (Å²) in [5.41, 5.74) is 0. The summed E-state index contributed by atoms with van der Waals surface area (Å²) in [6, 6.07) is 5.61. The summed E-state index contributed by atoms with van der Waals surface area (Å²) in [7, 11) is 1.61. The Bertz CT molecular complexity index is 378. The quantitative estimate of drug-likeness (QED) is 0.684. The number of methoxy groups -OCH3 is 1. The van der Waals surface area contributed by atoms with Gasteiger partial charge in [-0.3, -0.25) is 0 Å². The van der Waals surface area contributed by atoms with E-state index in [1.807, 2.05) is 18.2 Å². The van der Waals surface area contributed by atoms with Crippen molar-refractivity contribution in [2.24, 2.45) is 0 Å². The molecule has 18 heavy (non-hydrogen) atoms. The largest absolute Gasteiger partial charge is 0.490 e. The van der Waals surface area contributed by atoms with Crippen LogP contribution >= 0.6 is 0 Å². The fourth-order valence-corrected chi connectivity index (χ4v) is 1.62. The third kappa shape index (κ3) is 2.86. The lowest BCUT2D eigenvalue weighted by Crippen LogP contribution is -2.08. The van der Waals surface area contributed by atoms with Crippen LogP contribution in [-0.4, -0.2) is 45.7 Å². The van der Waals surface area contributed by atoms with Crippen molar-refractivity contribution < 1.29 is 23.7 Å². The van der Waals surface area contributed by atoms with Gasteiger partial charge in [0.2, 0.25) is 5.75 Å². The van der Waals surface area contributed by atoms with E-state index >= 15 is 0 Å². The predicted molar refractivity (Wildman–Crippen MR) is 63.5 cm³/mol. The SMILES string of the molecule is COc1c(OCC2CO2)cccc1OCC1CO1. The van der Waals surface area contributed by atoms with Crippen molar-refractivity contribution in [1.82, 2.24) is 0 Å². The highest BCUT2D eigenvalue weighted by atomic mass is 16.6. The minimum atomic E-state index is 0.221. The second kappa shape index (κ2) is 5.04. The number of rotatable bonds is 7. The first kappa shape index (κ1) is 11.6. The van der Waals surface area contributed by atoms with Crippen molar-refractivity contribution >= 4 is 0 Å². The van der Waals surface area contributed by atoms with Gasteiger partial charge in [-0.15, -0.1) is 0 Å². The van der Waals surface area contributed by atoms with Crippen molar-refractivity contribution in [3.05, 3.63) is 18.2 Å². The van der Waals surface area contributed by atoms with Gasteiger partial charge in [-0.05, 0) is 12.1 Å². The lowest BCUT2D eigenvalue weighted by atomic mass is 10.3. The zero-order chi connectivity index (χ0) is 12.4. The Labute approximate surface area is 106 Å². The Morgan fingerprint density at radius 2 is 1.56 bits per heavy atom. The van der Waals surface area contributed by atoms with Gasteiger partial charge in [-0.1, -0.05) is 6.07 Å². The summed E-state index contributed by atoms with van der Waals surface area (Å²) < 4.78 is 26.9. The zero-order valence-corrected chi connectivity index (χ0v) is 10.3. The molecule has 0 aromatic heterocycles. The molecule has 98 valence electrons. The lowest BCUT2D eigenvalue weighted by Gasteiger charge is -2.14. The molecule has 0 amide bonds. The van der Waals surface area contributed by atoms with Gasteiger partial charge >= 0.3 is 0 Å². The molecule has 5 heteroatoms. The maximum atomic E-state index is 5.65. The molecule has 3 rings (SSSR count). The number of para-hydroxylation sites is 1. The molecule has 1 aromatic rings. The van der Waals surface area contributed by atoms with Gasteiger partial charge in [0.25, 0.3) is 0 Å². The van der Waals surface area contributed by atoms with Crippen LogP contribution in [0.2, 0.25) is 0 Å². The van der Waals surface area contributed by atoms with E-state index in [0.29, 0.717) is 30.5 Å². The van der Waals surface area contributed by atoms with Gasteiger partial charge in [-0.2, -0.15) is 0 Å². The fraction of sp³-hybridized carbons (Fsp3) is 0.538. The van der Waals surface area contributed by atoms with E-state index in [-0.39, 0.29) is 12.2 Å². The van der Waals surface area contributed by atoms with Crippen LogP contribution in [0, 0.1) is 0 Å². The Morgan fingerprint density at radius 1 is 1.06 bits per heavy atom. The first-order valence-corrected chi connectivity index (χ1v) is 6.02. The monoisotopic (exact) mass is 252 g/mol.